The van der Waals surface area contributed by atoms with Gasteiger partial charge in [0.25, 0.3) is 5.09 Å². The molecule has 1 saturated carbocycles. The molecule has 0 radical (unpaired) electrons. The summed E-state index contributed by atoms with van der Waals surface area (Å²) in [6, 6.07) is -0.160. The van der Waals surface area contributed by atoms with E-state index in [0.29, 0.717) is 6.42 Å². The topological polar surface area (TPSA) is 130 Å². The number of Topliss-reactive ketones (excluding diaryl/α,β-unsaturated/α-hetero) is 1. The summed E-state index contributed by atoms with van der Waals surface area (Å²) in [7, 11) is 0. The van der Waals surface area contributed by atoms with Crippen LogP contribution in [0.3, 0.4) is 0 Å². The maximum atomic E-state index is 11.8. The van der Waals surface area contributed by atoms with Crippen molar-refractivity contribution in [3.63, 3.8) is 0 Å². The van der Waals surface area contributed by atoms with Gasteiger partial charge in [-0.2, -0.15) is 27.0 Å². The van der Waals surface area contributed by atoms with Crippen LogP contribution in [-0.2, 0) is 9.59 Å². The Balaban J connectivity index is -0.0000000250. The molecule has 1 rings (SSSR count). The lowest BCUT2D eigenvalue weighted by atomic mass is 9.92. The van der Waals surface area contributed by atoms with Crippen molar-refractivity contribution in [1.82, 2.24) is 5.32 Å². The quantitative estimate of drug-likeness (QED) is 0.0684. The highest BCUT2D eigenvalue weighted by Crippen LogP contribution is 2.18. The van der Waals surface area contributed by atoms with Crippen LogP contribution in [0.4, 0.5) is 0 Å². The number of terminal acetylenes is 2. The Morgan fingerprint density at radius 3 is 1.52 bits per heavy atom. The van der Waals surface area contributed by atoms with Crippen molar-refractivity contribution in [3.05, 3.63) is 10.1 Å². The summed E-state index contributed by atoms with van der Waals surface area (Å²) in [6.07, 6.45) is 21.7. The molecule has 1 fully saturated rings. The summed E-state index contributed by atoms with van der Waals surface area (Å²) in [5, 5.41) is 26.3. The van der Waals surface area contributed by atoms with Crippen LogP contribution in [0, 0.1) is 118 Å². The van der Waals surface area contributed by atoms with Crippen molar-refractivity contribution in [3.8, 4) is 108 Å². The highest BCUT2D eigenvalue weighted by atomic mass is 32.1. The number of unbranched alkanes of at least 4 members (excludes halogenated alkanes) is 6. The second-order valence-corrected chi connectivity index (χ2v) is 8.89. The fourth-order valence-corrected chi connectivity index (χ4v) is 3.53. The number of amides is 1. The largest absolute Gasteiger partial charge is 0.391 e. The number of aliphatic hydroxyl groups is 1. The van der Waals surface area contributed by atoms with Gasteiger partial charge in [0.2, 0.25) is 5.91 Å². The minimum absolute atomic E-state index is 0. The fraction of sp³-hybridized carbons (Fsp3) is 0.444. The van der Waals surface area contributed by atoms with Crippen LogP contribution < -0.4 is 5.32 Å². The van der Waals surface area contributed by atoms with Gasteiger partial charge in [0, 0.05) is 27.8 Å². The summed E-state index contributed by atoms with van der Waals surface area (Å²) in [4.78, 5) is 32.0. The van der Waals surface area contributed by atoms with E-state index in [4.69, 9.17) is 28.2 Å². The molecule has 0 aliphatic heterocycles. The standard InChI is InChI=1S/C18H33NO3.C18H2.HNO3.2H2S.15H2/c1-2-3-4-5-6-7-8-11-15(20)14-18(22)19-16-12-9-10-13-17(16)21;1-3-5-7-9-11-13-15-17-18-16-14-12-10-8-6-4-2;2-1(3)4;;;;;;;;;;;;;;;;;/h16-17,21H,2-14H2,1H3,(H,19,22);1-2H;(H,2,3,4);2*1H2;15*1H/t16-,17-;;;;;;;;;;;;;;;;;;;/m0.................../s1. The van der Waals surface area contributed by atoms with Gasteiger partial charge in [-0.25, -0.2) is 0 Å². The number of carbonyl (C=O) groups is 2. The number of ketones is 1. The van der Waals surface area contributed by atoms with Crippen LogP contribution in [0.5, 0.6) is 0 Å². The molecule has 10 heteroatoms. The maximum absolute atomic E-state index is 11.8. The van der Waals surface area contributed by atoms with Crippen LogP contribution in [0.15, 0.2) is 0 Å². The fourth-order valence-electron chi connectivity index (χ4n) is 3.53. The van der Waals surface area contributed by atoms with E-state index in [0.717, 1.165) is 38.5 Å². The molecular formula is C36H70N2O6S2. The van der Waals surface area contributed by atoms with Gasteiger partial charge in [0.05, 0.1) is 18.6 Å². The van der Waals surface area contributed by atoms with E-state index in [2.05, 4.69) is 107 Å². The normalized spacial score (nSPS) is 12.3. The third-order valence-electron chi connectivity index (χ3n) is 5.45. The van der Waals surface area contributed by atoms with Gasteiger partial charge in [-0.1, -0.05) is 58.3 Å². The Bertz CT molecular complexity index is 1430. The number of hydrogen-bond donors (Lipinski definition) is 3. The van der Waals surface area contributed by atoms with Crippen molar-refractivity contribution in [1.29, 1.82) is 0 Å². The molecule has 0 bridgehead atoms. The molecule has 0 spiro atoms. The number of rotatable bonds is 11. The third-order valence-corrected chi connectivity index (χ3v) is 5.45. The van der Waals surface area contributed by atoms with E-state index >= 15 is 0 Å². The van der Waals surface area contributed by atoms with Crippen LogP contribution in [-0.4, -0.2) is 39.2 Å². The molecule has 3 N–H and O–H groups in total. The van der Waals surface area contributed by atoms with E-state index in [1.165, 1.54) is 32.1 Å². The molecule has 0 saturated heterocycles. The lowest BCUT2D eigenvalue weighted by Gasteiger charge is -2.28. The van der Waals surface area contributed by atoms with Gasteiger partial charge in [-0.05, 0) is 114 Å². The Kier molecular flexibility index (Phi) is 39.7. The molecule has 0 unspecified atom stereocenters. The average molecular weight is 691 g/mol. The Labute approximate surface area is 310 Å². The molecule has 272 valence electrons. The van der Waals surface area contributed by atoms with E-state index in [9.17, 15) is 14.7 Å². The Hall–Kier alpha value is -4.96. The van der Waals surface area contributed by atoms with Gasteiger partial charge < -0.3 is 15.6 Å². The number of aliphatic hydroxyl groups excluding tert-OH is 1. The predicted octanol–water partition coefficient (Wildman–Crippen LogP) is 7.35. The van der Waals surface area contributed by atoms with Gasteiger partial charge in [0.15, 0.2) is 0 Å². The van der Waals surface area contributed by atoms with Gasteiger partial charge in [-0.15, -0.1) is 23.0 Å². The van der Waals surface area contributed by atoms with Crippen molar-refractivity contribution in [2.24, 2.45) is 0 Å². The maximum Gasteiger partial charge on any atom is 0.291 e. The van der Waals surface area contributed by atoms with E-state index in [-0.39, 0.29) is 72.5 Å². The molecule has 0 aromatic rings. The summed E-state index contributed by atoms with van der Waals surface area (Å²) >= 11 is 0. The van der Waals surface area contributed by atoms with E-state index in [1.807, 2.05) is 0 Å². The first-order chi connectivity index (χ1) is 21.3. The van der Waals surface area contributed by atoms with E-state index < -0.39 is 11.2 Å². The minimum Gasteiger partial charge on any atom is -0.391 e. The van der Waals surface area contributed by atoms with Crippen molar-refractivity contribution in [2.45, 2.75) is 103 Å². The first-order valence-electron chi connectivity index (χ1n) is 14.0. The molecule has 0 aromatic carbocycles. The lowest BCUT2D eigenvalue weighted by molar-refractivity contribution is -0.742. The first-order valence-corrected chi connectivity index (χ1v) is 14.0. The molecule has 2 atom stereocenters. The monoisotopic (exact) mass is 690 g/mol. The molecular weight excluding hydrogens is 621 g/mol. The van der Waals surface area contributed by atoms with Crippen LogP contribution in [0.25, 0.3) is 0 Å². The first kappa shape index (κ1) is 48.0. The van der Waals surface area contributed by atoms with Crippen LogP contribution in [0.1, 0.15) is 112 Å². The summed E-state index contributed by atoms with van der Waals surface area (Å²) < 4.78 is 0. The second-order valence-electron chi connectivity index (χ2n) is 8.89. The van der Waals surface area contributed by atoms with Gasteiger partial charge in [0.1, 0.15) is 5.78 Å². The third kappa shape index (κ3) is 39.0. The van der Waals surface area contributed by atoms with Crippen molar-refractivity contribution >= 4 is 38.7 Å². The SMILES string of the molecule is C#CC#CC#CC#CC#CC#CC#CC#CC#C.CCCCCCCCCC(=O)CC(=O)N[C@H]1CCCC[C@@H]1O.O=[N+]([O-])O.S.S.[HH].[HH].[HH].[HH].[HH].[HH].[HH].[HH].[HH].[HH].[HH].[HH].[HH].[HH].[HH]. The van der Waals surface area contributed by atoms with E-state index in [1.54, 1.807) is 0 Å². The molecule has 1 amide bonds. The molecule has 1 aliphatic carbocycles. The van der Waals surface area contributed by atoms with Crippen LogP contribution >= 0.6 is 27.0 Å². The number of nitrogens with zero attached hydrogens (tertiary/aromatic N) is 1. The van der Waals surface area contributed by atoms with Crippen molar-refractivity contribution in [2.75, 3.05) is 0 Å². The zero-order valence-corrected chi connectivity index (χ0v) is 28.0. The predicted molar refractivity (Wildman–Crippen MR) is 222 cm³/mol. The average Bonchev–Trinajstić information content (AvgIpc) is 2.98. The Morgan fingerprint density at radius 1 is 0.761 bits per heavy atom. The summed E-state index contributed by atoms with van der Waals surface area (Å²) in [5.41, 5.74) is 0. The zero-order valence-electron chi connectivity index (χ0n) is 26.0. The van der Waals surface area contributed by atoms with Crippen LogP contribution in [0.2, 0.25) is 0 Å². The molecule has 0 aromatic heterocycles. The summed E-state index contributed by atoms with van der Waals surface area (Å²) in [5.74, 6) is 38.0. The molecule has 0 heterocycles. The zero-order chi connectivity index (χ0) is 33.1. The Morgan fingerprint density at radius 2 is 1.13 bits per heavy atom. The number of hydrogen-bond acceptors (Lipinski definition) is 5. The second kappa shape index (κ2) is 38.1. The highest BCUT2D eigenvalue weighted by Gasteiger charge is 2.24. The minimum atomic E-state index is -1.50. The van der Waals surface area contributed by atoms with Gasteiger partial charge >= 0.3 is 0 Å². The highest BCUT2D eigenvalue weighted by molar-refractivity contribution is 7.59. The lowest BCUT2D eigenvalue weighted by Crippen LogP contribution is -2.45. The van der Waals surface area contributed by atoms with Gasteiger partial charge in [-0.3, -0.25) is 9.59 Å². The number of carbonyl (C=O) groups excluding carboxylic acids is 2. The summed E-state index contributed by atoms with van der Waals surface area (Å²) in [6.45, 7) is 2.20. The number of nitrogens with one attached hydrogen (secondary N) is 1. The molecule has 8 nitrogen and oxygen atoms in total. The molecule has 1 aliphatic rings. The van der Waals surface area contributed by atoms with Crippen molar-refractivity contribution < 1.29 is 46.4 Å². The molecule has 46 heavy (non-hydrogen) atoms. The smallest absolute Gasteiger partial charge is 0.291 e.